The number of imidazole rings is 1. The quantitative estimate of drug-likeness (QED) is 0.610. The molecule has 0 saturated carbocycles. The van der Waals surface area contributed by atoms with Crippen molar-refractivity contribution in [1.29, 1.82) is 0 Å². The van der Waals surface area contributed by atoms with Crippen LogP contribution in [0.5, 0.6) is 0 Å². The van der Waals surface area contributed by atoms with Gasteiger partial charge in [-0.05, 0) is 22.3 Å². The van der Waals surface area contributed by atoms with Crippen LogP contribution < -0.4 is 5.32 Å². The Balaban J connectivity index is 1.47. The lowest BCUT2D eigenvalue weighted by atomic mass is 9.98. The third-order valence-corrected chi connectivity index (χ3v) is 4.86. The van der Waals surface area contributed by atoms with Crippen LogP contribution in [0.2, 0.25) is 0 Å². The third kappa shape index (κ3) is 3.46. The van der Waals surface area contributed by atoms with Gasteiger partial charge in [-0.2, -0.15) is 0 Å². The first-order valence-corrected chi connectivity index (χ1v) is 8.96. The van der Waals surface area contributed by atoms with Crippen molar-refractivity contribution in [3.8, 4) is 11.1 Å². The fraction of sp³-hybridized carbons (Fsp3) is 0.190. The lowest BCUT2D eigenvalue weighted by Gasteiger charge is -2.17. The second kappa shape index (κ2) is 7.56. The molecule has 0 spiro atoms. The van der Waals surface area contributed by atoms with E-state index in [2.05, 4.69) is 27.4 Å². The van der Waals surface area contributed by atoms with Gasteiger partial charge in [0.25, 0.3) is 0 Å². The first kappa shape index (κ1) is 17.8. The number of ether oxygens (including phenoxy) is 1. The minimum absolute atomic E-state index is 0.0558. The number of carbonyl (C=O) groups excluding carboxylic acids is 1. The molecule has 1 atom stereocenters. The molecule has 28 heavy (non-hydrogen) atoms. The van der Waals surface area contributed by atoms with Crippen molar-refractivity contribution in [3.05, 3.63) is 77.9 Å². The highest BCUT2D eigenvalue weighted by molar-refractivity contribution is 5.79. The smallest absolute Gasteiger partial charge is 0.407 e. The van der Waals surface area contributed by atoms with Crippen LogP contribution in [0.1, 0.15) is 35.3 Å². The van der Waals surface area contributed by atoms with Crippen molar-refractivity contribution in [2.24, 2.45) is 0 Å². The second-order valence-corrected chi connectivity index (χ2v) is 6.59. The lowest BCUT2D eigenvalue weighted by molar-refractivity contribution is -0.137. The first-order valence-electron chi connectivity index (χ1n) is 8.96. The van der Waals surface area contributed by atoms with E-state index in [4.69, 9.17) is 9.84 Å². The Hall–Kier alpha value is -3.61. The number of hydrogen-bond donors (Lipinski definition) is 3. The summed E-state index contributed by atoms with van der Waals surface area (Å²) in [4.78, 5) is 30.3. The number of aromatic nitrogens is 2. The number of aliphatic carboxylic acids is 1. The normalized spacial score (nSPS) is 13.4. The first-order chi connectivity index (χ1) is 13.6. The Morgan fingerprint density at radius 3 is 2.32 bits per heavy atom. The van der Waals surface area contributed by atoms with Gasteiger partial charge in [-0.15, -0.1) is 0 Å². The number of carbonyl (C=O) groups is 2. The van der Waals surface area contributed by atoms with Crippen LogP contribution in [0, 0.1) is 0 Å². The molecule has 1 amide bonds. The van der Waals surface area contributed by atoms with Gasteiger partial charge in [0.15, 0.2) is 0 Å². The Morgan fingerprint density at radius 1 is 1.11 bits per heavy atom. The molecule has 142 valence electrons. The molecule has 0 aliphatic heterocycles. The maximum atomic E-state index is 12.3. The van der Waals surface area contributed by atoms with Crippen LogP contribution in [0.15, 0.2) is 60.9 Å². The average molecular weight is 377 g/mol. The molecule has 7 heteroatoms. The van der Waals surface area contributed by atoms with E-state index in [0.29, 0.717) is 5.82 Å². The van der Waals surface area contributed by atoms with E-state index in [-0.39, 0.29) is 18.9 Å². The summed E-state index contributed by atoms with van der Waals surface area (Å²) in [6.45, 7) is 0.164. The molecule has 1 aliphatic rings. The van der Waals surface area contributed by atoms with E-state index in [1.54, 1.807) is 6.20 Å². The Morgan fingerprint density at radius 2 is 1.75 bits per heavy atom. The van der Waals surface area contributed by atoms with Crippen LogP contribution in [-0.2, 0) is 9.53 Å². The topological polar surface area (TPSA) is 104 Å². The molecule has 1 heterocycles. The summed E-state index contributed by atoms with van der Waals surface area (Å²) in [5.41, 5.74) is 4.52. The number of carboxylic acid groups (broad SMARTS) is 1. The number of fused-ring (bicyclic) bond motifs is 3. The monoisotopic (exact) mass is 377 g/mol. The molecule has 0 fully saturated rings. The van der Waals surface area contributed by atoms with Crippen molar-refractivity contribution in [3.63, 3.8) is 0 Å². The van der Waals surface area contributed by atoms with E-state index in [9.17, 15) is 9.59 Å². The molecule has 3 N–H and O–H groups in total. The Kier molecular flexibility index (Phi) is 4.80. The van der Waals surface area contributed by atoms with Crippen molar-refractivity contribution in [1.82, 2.24) is 15.3 Å². The summed E-state index contributed by atoms with van der Waals surface area (Å²) in [6.07, 6.45) is 2.11. The van der Waals surface area contributed by atoms with Gasteiger partial charge in [0.05, 0.1) is 6.42 Å². The molecule has 3 aromatic rings. The number of benzene rings is 2. The lowest BCUT2D eigenvalue weighted by Crippen LogP contribution is -2.32. The van der Waals surface area contributed by atoms with Crippen molar-refractivity contribution >= 4 is 12.1 Å². The van der Waals surface area contributed by atoms with Crippen LogP contribution in [-0.4, -0.2) is 33.7 Å². The number of hydrogen-bond acceptors (Lipinski definition) is 4. The highest BCUT2D eigenvalue weighted by Crippen LogP contribution is 2.44. The van der Waals surface area contributed by atoms with Crippen LogP contribution in [0.4, 0.5) is 4.79 Å². The molecule has 4 rings (SSSR count). The number of rotatable bonds is 6. The maximum absolute atomic E-state index is 12.3. The van der Waals surface area contributed by atoms with Gasteiger partial charge in [-0.3, -0.25) is 4.79 Å². The maximum Gasteiger partial charge on any atom is 0.407 e. The summed E-state index contributed by atoms with van der Waals surface area (Å²) in [7, 11) is 0. The summed E-state index contributed by atoms with van der Waals surface area (Å²) >= 11 is 0. The number of nitrogens with one attached hydrogen (secondary N) is 2. The van der Waals surface area contributed by atoms with Gasteiger partial charge in [0.1, 0.15) is 18.5 Å². The zero-order valence-corrected chi connectivity index (χ0v) is 15.0. The van der Waals surface area contributed by atoms with Crippen LogP contribution in [0.3, 0.4) is 0 Å². The van der Waals surface area contributed by atoms with Crippen LogP contribution in [0.25, 0.3) is 11.1 Å². The number of nitrogens with zero attached hydrogens (tertiary/aromatic N) is 1. The molecule has 1 aromatic heterocycles. The van der Waals surface area contributed by atoms with E-state index in [0.717, 1.165) is 22.3 Å². The largest absolute Gasteiger partial charge is 0.481 e. The molecule has 0 bridgehead atoms. The fourth-order valence-electron chi connectivity index (χ4n) is 3.64. The molecular formula is C21H19N3O4. The summed E-state index contributed by atoms with van der Waals surface area (Å²) in [6, 6.07) is 15.3. The van der Waals surface area contributed by atoms with E-state index in [1.807, 2.05) is 36.4 Å². The van der Waals surface area contributed by atoms with Gasteiger partial charge >= 0.3 is 12.1 Å². The molecule has 0 saturated heterocycles. The second-order valence-electron chi connectivity index (χ2n) is 6.59. The third-order valence-electron chi connectivity index (χ3n) is 4.86. The number of aromatic amines is 1. The summed E-state index contributed by atoms with van der Waals surface area (Å²) in [5.74, 6) is -0.726. The minimum Gasteiger partial charge on any atom is -0.481 e. The van der Waals surface area contributed by atoms with Gasteiger partial charge < -0.3 is 20.1 Å². The molecule has 0 radical (unpaired) electrons. The Bertz CT molecular complexity index is 955. The number of carboxylic acids is 1. The number of amides is 1. The number of alkyl carbamates (subject to hydrolysis) is 1. The summed E-state index contributed by atoms with van der Waals surface area (Å²) < 4.78 is 5.47. The highest BCUT2D eigenvalue weighted by Gasteiger charge is 2.29. The predicted molar refractivity (Wildman–Crippen MR) is 102 cm³/mol. The molecule has 1 aliphatic carbocycles. The van der Waals surface area contributed by atoms with Crippen molar-refractivity contribution < 1.29 is 19.4 Å². The Labute approximate surface area is 161 Å². The molecular weight excluding hydrogens is 358 g/mol. The number of H-pyrrole nitrogens is 1. The minimum atomic E-state index is -1.04. The zero-order valence-electron chi connectivity index (χ0n) is 15.0. The van der Waals surface area contributed by atoms with Gasteiger partial charge in [0, 0.05) is 18.3 Å². The van der Waals surface area contributed by atoms with E-state index in [1.165, 1.54) is 6.20 Å². The van der Waals surface area contributed by atoms with Gasteiger partial charge in [-0.1, -0.05) is 48.5 Å². The van der Waals surface area contributed by atoms with Gasteiger partial charge in [-0.25, -0.2) is 9.78 Å². The summed E-state index contributed by atoms with van der Waals surface area (Å²) in [5, 5.41) is 11.7. The van der Waals surface area contributed by atoms with Crippen molar-refractivity contribution in [2.45, 2.75) is 18.4 Å². The molecule has 0 unspecified atom stereocenters. The predicted octanol–water partition coefficient (Wildman–Crippen LogP) is 3.46. The molecule has 2 aromatic carbocycles. The van der Waals surface area contributed by atoms with E-state index >= 15 is 0 Å². The molecule has 7 nitrogen and oxygen atoms in total. The van der Waals surface area contributed by atoms with Gasteiger partial charge in [0.2, 0.25) is 0 Å². The standard InChI is InChI=1S/C21H19N3O4/c25-19(26)11-18(20-22-9-10-23-20)24-21(27)28-12-17-15-7-3-1-5-13(15)14-6-2-4-8-16(14)17/h1-10,17-18H,11-12H2,(H,22,23)(H,24,27)(H,25,26)/t18-/m1/s1. The fourth-order valence-corrected chi connectivity index (χ4v) is 3.64. The van der Waals surface area contributed by atoms with Crippen molar-refractivity contribution in [2.75, 3.05) is 6.61 Å². The average Bonchev–Trinajstić information content (AvgIpc) is 3.32. The van der Waals surface area contributed by atoms with E-state index < -0.39 is 18.1 Å². The van der Waals surface area contributed by atoms with Crippen LogP contribution >= 0.6 is 0 Å². The highest BCUT2D eigenvalue weighted by atomic mass is 16.5. The zero-order chi connectivity index (χ0) is 19.5. The SMILES string of the molecule is O=C(O)C[C@@H](NC(=O)OCC1c2ccccc2-c2ccccc21)c1ncc[nH]1.